The fourth-order valence-electron chi connectivity index (χ4n) is 1.81. The van der Waals surface area contributed by atoms with Crippen LogP contribution in [0.15, 0.2) is 18.2 Å². The Morgan fingerprint density at radius 2 is 1.89 bits per heavy atom. The second-order valence-corrected chi connectivity index (χ2v) is 5.22. The van der Waals surface area contributed by atoms with E-state index in [2.05, 4.69) is 30.5 Å². The van der Waals surface area contributed by atoms with E-state index in [0.29, 0.717) is 13.2 Å². The molecule has 2 rings (SSSR count). The lowest BCUT2D eigenvalue weighted by Gasteiger charge is -2.24. The van der Waals surface area contributed by atoms with Gasteiger partial charge in [-0.15, -0.1) is 0 Å². The van der Waals surface area contributed by atoms with Crippen molar-refractivity contribution in [2.45, 2.75) is 25.9 Å². The molecule has 0 spiro atoms. The van der Waals surface area contributed by atoms with E-state index < -0.39 is 0 Å². The first-order valence-electron chi connectivity index (χ1n) is 6.39. The summed E-state index contributed by atoms with van der Waals surface area (Å²) >= 11 is 0. The molecule has 1 aliphatic rings. The van der Waals surface area contributed by atoms with Crippen molar-refractivity contribution < 1.29 is 9.47 Å². The Labute approximate surface area is 109 Å². The highest BCUT2D eigenvalue weighted by atomic mass is 16.6. The zero-order valence-corrected chi connectivity index (χ0v) is 11.4. The van der Waals surface area contributed by atoms with Gasteiger partial charge < -0.3 is 20.1 Å². The third-order valence-electron chi connectivity index (χ3n) is 3.18. The van der Waals surface area contributed by atoms with Crippen molar-refractivity contribution in [1.82, 2.24) is 10.6 Å². The molecule has 0 aromatic heterocycles. The van der Waals surface area contributed by atoms with E-state index in [9.17, 15) is 0 Å². The number of hydrogen-bond donors (Lipinski definition) is 2. The van der Waals surface area contributed by atoms with Gasteiger partial charge in [-0.05, 0) is 38.6 Å². The minimum Gasteiger partial charge on any atom is -0.486 e. The van der Waals surface area contributed by atoms with Crippen molar-refractivity contribution in [1.29, 1.82) is 0 Å². The van der Waals surface area contributed by atoms with Crippen LogP contribution in [0, 0.1) is 0 Å². The van der Waals surface area contributed by atoms with Crippen LogP contribution in [-0.4, -0.2) is 32.3 Å². The summed E-state index contributed by atoms with van der Waals surface area (Å²) in [5.41, 5.74) is 1.32. The molecule has 2 N–H and O–H groups in total. The lowest BCUT2D eigenvalue weighted by Crippen LogP contribution is -2.45. The summed E-state index contributed by atoms with van der Waals surface area (Å²) in [6.07, 6.45) is 0. The average Bonchev–Trinajstić information content (AvgIpc) is 2.38. The smallest absolute Gasteiger partial charge is 0.161 e. The number of hydrogen-bond acceptors (Lipinski definition) is 4. The molecule has 0 radical (unpaired) electrons. The first-order valence-corrected chi connectivity index (χ1v) is 6.39. The molecule has 1 aromatic carbocycles. The van der Waals surface area contributed by atoms with Gasteiger partial charge in [-0.2, -0.15) is 0 Å². The Morgan fingerprint density at radius 1 is 1.17 bits per heavy atom. The normalized spacial score (nSPS) is 14.6. The van der Waals surface area contributed by atoms with Crippen molar-refractivity contribution in [3.8, 4) is 11.5 Å². The fourth-order valence-corrected chi connectivity index (χ4v) is 1.81. The lowest BCUT2D eigenvalue weighted by atomic mass is 10.1. The fraction of sp³-hybridized carbons (Fsp3) is 0.571. The highest BCUT2D eigenvalue weighted by molar-refractivity contribution is 5.43. The van der Waals surface area contributed by atoms with E-state index in [1.807, 2.05) is 19.2 Å². The van der Waals surface area contributed by atoms with E-state index in [1.165, 1.54) is 5.56 Å². The standard InChI is InChI=1S/C14H22N2O2/c1-14(2,15-3)10-16-9-11-4-5-12-13(8-11)18-7-6-17-12/h4-5,8,15-16H,6-7,9-10H2,1-3H3. The van der Waals surface area contributed by atoms with Crippen molar-refractivity contribution in [2.24, 2.45) is 0 Å². The molecule has 0 atom stereocenters. The molecule has 4 nitrogen and oxygen atoms in total. The van der Waals surface area contributed by atoms with Crippen LogP contribution < -0.4 is 20.1 Å². The number of likely N-dealkylation sites (N-methyl/N-ethyl adjacent to an activating group) is 1. The summed E-state index contributed by atoms with van der Waals surface area (Å²) < 4.78 is 11.1. The molecule has 1 aliphatic heterocycles. The quantitative estimate of drug-likeness (QED) is 0.832. The van der Waals surface area contributed by atoms with Crippen molar-refractivity contribution in [2.75, 3.05) is 26.8 Å². The average molecular weight is 250 g/mol. The van der Waals surface area contributed by atoms with Crippen LogP contribution >= 0.6 is 0 Å². The van der Waals surface area contributed by atoms with Crippen LogP contribution in [0.3, 0.4) is 0 Å². The Bertz CT molecular complexity index is 405. The zero-order chi connectivity index (χ0) is 13.0. The van der Waals surface area contributed by atoms with Gasteiger partial charge in [0.2, 0.25) is 0 Å². The van der Waals surface area contributed by atoms with Crippen LogP contribution in [0.1, 0.15) is 19.4 Å². The van der Waals surface area contributed by atoms with Crippen LogP contribution in [0.2, 0.25) is 0 Å². The molecule has 0 aliphatic carbocycles. The second kappa shape index (κ2) is 5.59. The predicted octanol–water partition coefficient (Wildman–Crippen LogP) is 1.55. The van der Waals surface area contributed by atoms with Crippen LogP contribution in [0.4, 0.5) is 0 Å². The van der Waals surface area contributed by atoms with Gasteiger partial charge in [-0.1, -0.05) is 6.07 Å². The number of fused-ring (bicyclic) bond motifs is 1. The van der Waals surface area contributed by atoms with Gasteiger partial charge >= 0.3 is 0 Å². The molecule has 0 unspecified atom stereocenters. The molecule has 0 saturated carbocycles. The van der Waals surface area contributed by atoms with Gasteiger partial charge in [0.05, 0.1) is 0 Å². The number of benzene rings is 1. The summed E-state index contributed by atoms with van der Waals surface area (Å²) in [6.45, 7) is 7.37. The van der Waals surface area contributed by atoms with Crippen LogP contribution in [0.5, 0.6) is 11.5 Å². The van der Waals surface area contributed by atoms with E-state index in [1.54, 1.807) is 0 Å². The van der Waals surface area contributed by atoms with Gasteiger partial charge in [0, 0.05) is 18.6 Å². The first-order chi connectivity index (χ1) is 8.61. The van der Waals surface area contributed by atoms with Crippen molar-refractivity contribution in [3.05, 3.63) is 23.8 Å². The maximum absolute atomic E-state index is 5.57. The highest BCUT2D eigenvalue weighted by Gasteiger charge is 2.14. The molecule has 0 saturated heterocycles. The molecular weight excluding hydrogens is 228 g/mol. The number of ether oxygens (including phenoxy) is 2. The summed E-state index contributed by atoms with van der Waals surface area (Å²) in [4.78, 5) is 0. The van der Waals surface area contributed by atoms with E-state index >= 15 is 0 Å². The molecule has 0 fully saturated rings. The van der Waals surface area contributed by atoms with Gasteiger partial charge in [0.1, 0.15) is 13.2 Å². The Balaban J connectivity index is 1.90. The lowest BCUT2D eigenvalue weighted by molar-refractivity contribution is 0.171. The van der Waals surface area contributed by atoms with Crippen LogP contribution in [0.25, 0.3) is 0 Å². The SMILES string of the molecule is CNC(C)(C)CNCc1ccc2c(c1)OCCO2. The minimum absolute atomic E-state index is 0.105. The predicted molar refractivity (Wildman–Crippen MR) is 72.3 cm³/mol. The largest absolute Gasteiger partial charge is 0.486 e. The third-order valence-corrected chi connectivity index (χ3v) is 3.18. The number of nitrogens with one attached hydrogen (secondary N) is 2. The van der Waals surface area contributed by atoms with Gasteiger partial charge in [-0.25, -0.2) is 0 Å². The van der Waals surface area contributed by atoms with Gasteiger partial charge in [0.15, 0.2) is 11.5 Å². The van der Waals surface area contributed by atoms with Gasteiger partial charge in [0.25, 0.3) is 0 Å². The van der Waals surface area contributed by atoms with Crippen molar-refractivity contribution >= 4 is 0 Å². The third kappa shape index (κ3) is 3.37. The Kier molecular flexibility index (Phi) is 4.09. The summed E-state index contributed by atoms with van der Waals surface area (Å²) in [5, 5.41) is 6.71. The maximum atomic E-state index is 5.57. The molecule has 0 amide bonds. The second-order valence-electron chi connectivity index (χ2n) is 5.22. The van der Waals surface area contributed by atoms with Gasteiger partial charge in [-0.3, -0.25) is 0 Å². The molecule has 18 heavy (non-hydrogen) atoms. The summed E-state index contributed by atoms with van der Waals surface area (Å²) in [7, 11) is 1.98. The van der Waals surface area contributed by atoms with Crippen LogP contribution in [-0.2, 0) is 6.54 Å². The molecule has 0 bridgehead atoms. The van der Waals surface area contributed by atoms with E-state index in [0.717, 1.165) is 24.6 Å². The molecular formula is C14H22N2O2. The molecule has 100 valence electrons. The monoisotopic (exact) mass is 250 g/mol. The molecule has 1 aromatic rings. The summed E-state index contributed by atoms with van der Waals surface area (Å²) in [5.74, 6) is 1.70. The van der Waals surface area contributed by atoms with Crippen molar-refractivity contribution in [3.63, 3.8) is 0 Å². The van der Waals surface area contributed by atoms with E-state index in [-0.39, 0.29) is 5.54 Å². The van der Waals surface area contributed by atoms with E-state index in [4.69, 9.17) is 9.47 Å². The summed E-state index contributed by atoms with van der Waals surface area (Å²) in [6, 6.07) is 6.11. The zero-order valence-electron chi connectivity index (χ0n) is 11.4. The topological polar surface area (TPSA) is 42.5 Å². The first kappa shape index (κ1) is 13.2. The highest BCUT2D eigenvalue weighted by Crippen LogP contribution is 2.30. The number of rotatable bonds is 5. The Hall–Kier alpha value is -1.26. The minimum atomic E-state index is 0.105. The molecule has 4 heteroatoms. The maximum Gasteiger partial charge on any atom is 0.161 e. The molecule has 1 heterocycles. The Morgan fingerprint density at radius 3 is 2.61 bits per heavy atom.